The number of nitrogens with zero attached hydrogens (tertiary/aromatic N) is 3. The molecule has 3 aromatic rings. The Bertz CT molecular complexity index is 1080. The van der Waals surface area contributed by atoms with Crippen LogP contribution in [0.2, 0.25) is 0 Å². The van der Waals surface area contributed by atoms with Crippen LogP contribution in [-0.2, 0) is 29.7 Å². The Morgan fingerprint density at radius 1 is 1.25 bits per heavy atom. The van der Waals surface area contributed by atoms with Crippen molar-refractivity contribution in [1.29, 1.82) is 0 Å². The number of aryl methyl sites for hydroxylation is 2. The fraction of sp³-hybridized carbons (Fsp3) is 0.300. The van der Waals surface area contributed by atoms with Gasteiger partial charge in [0, 0.05) is 0 Å². The molecule has 28 heavy (non-hydrogen) atoms. The van der Waals surface area contributed by atoms with Gasteiger partial charge in [-0.25, -0.2) is 4.79 Å². The Hall–Kier alpha value is -3.00. The zero-order chi connectivity index (χ0) is 19.3. The maximum Gasteiger partial charge on any atom is 0.325 e. The Morgan fingerprint density at radius 2 is 2.11 bits per heavy atom. The molecule has 0 unspecified atom stereocenters. The summed E-state index contributed by atoms with van der Waals surface area (Å²) in [5.74, 6) is 0.370. The number of benzene rings is 1. The number of amides is 3. The number of hydrogen-bond donors (Lipinski definition) is 1. The maximum absolute atomic E-state index is 13.1. The predicted molar refractivity (Wildman–Crippen MR) is 103 cm³/mol. The SMILES string of the molecule is C[C@]1(c2ccc3c(c2)CCC3)NC(=O)N(Cc2nc(-c3cccs3)no2)C1=O. The van der Waals surface area contributed by atoms with Gasteiger partial charge < -0.3 is 9.84 Å². The van der Waals surface area contributed by atoms with Gasteiger partial charge in [0.05, 0.1) is 4.88 Å². The quantitative estimate of drug-likeness (QED) is 0.686. The molecule has 3 heterocycles. The highest BCUT2D eigenvalue weighted by atomic mass is 32.1. The van der Waals surface area contributed by atoms with E-state index in [1.54, 1.807) is 6.92 Å². The number of fused-ring (bicyclic) bond motifs is 1. The van der Waals surface area contributed by atoms with Gasteiger partial charge >= 0.3 is 6.03 Å². The molecule has 1 aliphatic heterocycles. The van der Waals surface area contributed by atoms with Gasteiger partial charge in [-0.15, -0.1) is 11.3 Å². The molecule has 1 aromatic carbocycles. The van der Waals surface area contributed by atoms with E-state index in [1.807, 2.05) is 29.6 Å². The molecule has 0 radical (unpaired) electrons. The van der Waals surface area contributed by atoms with E-state index >= 15 is 0 Å². The third-order valence-electron chi connectivity index (χ3n) is 5.45. The fourth-order valence-corrected chi connectivity index (χ4v) is 4.53. The van der Waals surface area contributed by atoms with E-state index < -0.39 is 11.6 Å². The first-order chi connectivity index (χ1) is 13.5. The van der Waals surface area contributed by atoms with Crippen LogP contribution in [0.1, 0.15) is 35.9 Å². The van der Waals surface area contributed by atoms with Gasteiger partial charge in [-0.2, -0.15) is 4.98 Å². The molecule has 3 amide bonds. The number of hydrogen-bond acceptors (Lipinski definition) is 6. The van der Waals surface area contributed by atoms with Crippen molar-refractivity contribution in [3.63, 3.8) is 0 Å². The van der Waals surface area contributed by atoms with Crippen LogP contribution in [0.3, 0.4) is 0 Å². The minimum atomic E-state index is -1.09. The van der Waals surface area contributed by atoms with Crippen LogP contribution in [0.5, 0.6) is 0 Å². The molecule has 1 N–H and O–H groups in total. The normalized spacial score (nSPS) is 21.2. The molecule has 0 saturated carbocycles. The standard InChI is InChI=1S/C20H18N4O3S/c1-20(14-8-7-12-4-2-5-13(12)10-14)18(25)24(19(26)22-20)11-16-21-17(23-27-16)15-6-3-9-28-15/h3,6-10H,2,4-5,11H2,1H3,(H,22,26)/t20-/m1/s1. The Balaban J connectivity index is 1.40. The molecule has 0 spiro atoms. The van der Waals surface area contributed by atoms with E-state index in [0.29, 0.717) is 5.82 Å². The molecule has 1 saturated heterocycles. The van der Waals surface area contributed by atoms with Crippen LogP contribution < -0.4 is 5.32 Å². The maximum atomic E-state index is 13.1. The summed E-state index contributed by atoms with van der Waals surface area (Å²) in [7, 11) is 0. The van der Waals surface area contributed by atoms with E-state index in [1.165, 1.54) is 22.5 Å². The molecule has 1 atom stereocenters. The smallest absolute Gasteiger partial charge is 0.325 e. The summed E-state index contributed by atoms with van der Waals surface area (Å²) in [5, 5.41) is 8.70. The van der Waals surface area contributed by atoms with E-state index in [-0.39, 0.29) is 18.3 Å². The van der Waals surface area contributed by atoms with Crippen molar-refractivity contribution in [2.45, 2.75) is 38.3 Å². The van der Waals surface area contributed by atoms with Gasteiger partial charge in [0.1, 0.15) is 12.1 Å². The minimum Gasteiger partial charge on any atom is -0.337 e. The second-order valence-corrected chi connectivity index (χ2v) is 8.22. The second kappa shape index (κ2) is 6.27. The summed E-state index contributed by atoms with van der Waals surface area (Å²) >= 11 is 1.50. The first kappa shape index (κ1) is 17.1. The molecular weight excluding hydrogens is 376 g/mol. The van der Waals surface area contributed by atoms with Crippen molar-refractivity contribution in [1.82, 2.24) is 20.4 Å². The summed E-state index contributed by atoms with van der Waals surface area (Å²) in [6, 6.07) is 9.38. The van der Waals surface area contributed by atoms with E-state index in [9.17, 15) is 9.59 Å². The van der Waals surface area contributed by atoms with Crippen LogP contribution >= 0.6 is 11.3 Å². The molecule has 142 valence electrons. The zero-order valence-electron chi connectivity index (χ0n) is 15.3. The fourth-order valence-electron chi connectivity index (χ4n) is 3.88. The lowest BCUT2D eigenvalue weighted by atomic mass is 9.90. The molecule has 2 aliphatic rings. The molecule has 1 aliphatic carbocycles. The summed E-state index contributed by atoms with van der Waals surface area (Å²) in [4.78, 5) is 32.0. The third-order valence-corrected chi connectivity index (χ3v) is 6.32. The Kier molecular flexibility index (Phi) is 3.83. The lowest BCUT2D eigenvalue weighted by Gasteiger charge is -2.22. The van der Waals surface area contributed by atoms with E-state index in [2.05, 4.69) is 21.5 Å². The van der Waals surface area contributed by atoms with Crippen LogP contribution in [-0.4, -0.2) is 27.0 Å². The minimum absolute atomic E-state index is 0.0520. The molecule has 5 rings (SSSR count). The van der Waals surface area contributed by atoms with Crippen molar-refractivity contribution in [2.24, 2.45) is 0 Å². The van der Waals surface area contributed by atoms with Crippen molar-refractivity contribution >= 4 is 23.3 Å². The number of carbonyl (C=O) groups excluding carboxylic acids is 2. The number of carbonyl (C=O) groups is 2. The molecule has 0 bridgehead atoms. The van der Waals surface area contributed by atoms with E-state index in [4.69, 9.17) is 4.52 Å². The van der Waals surface area contributed by atoms with Gasteiger partial charge in [0.2, 0.25) is 11.7 Å². The average Bonchev–Trinajstić information content (AvgIpc) is 3.47. The van der Waals surface area contributed by atoms with Crippen LogP contribution in [0.25, 0.3) is 10.7 Å². The number of imide groups is 1. The molecule has 2 aromatic heterocycles. The first-order valence-corrected chi connectivity index (χ1v) is 10.1. The highest BCUT2D eigenvalue weighted by molar-refractivity contribution is 7.13. The van der Waals surface area contributed by atoms with Gasteiger partial charge in [-0.1, -0.05) is 29.4 Å². The molecular formula is C20H18N4O3S. The lowest BCUT2D eigenvalue weighted by Crippen LogP contribution is -2.41. The van der Waals surface area contributed by atoms with Gasteiger partial charge in [-0.05, 0) is 54.3 Å². The summed E-state index contributed by atoms with van der Waals surface area (Å²) < 4.78 is 5.25. The lowest BCUT2D eigenvalue weighted by molar-refractivity contribution is -0.131. The van der Waals surface area contributed by atoms with Gasteiger partial charge in [0.15, 0.2) is 0 Å². The molecule has 1 fully saturated rings. The monoisotopic (exact) mass is 394 g/mol. The second-order valence-electron chi connectivity index (χ2n) is 7.27. The van der Waals surface area contributed by atoms with Crippen molar-refractivity contribution in [2.75, 3.05) is 0 Å². The highest BCUT2D eigenvalue weighted by Gasteiger charge is 2.49. The number of aromatic nitrogens is 2. The van der Waals surface area contributed by atoms with Crippen LogP contribution in [0.15, 0.2) is 40.2 Å². The zero-order valence-corrected chi connectivity index (χ0v) is 16.1. The summed E-state index contributed by atoms with van der Waals surface area (Å²) in [6.45, 7) is 1.69. The number of thiophene rings is 1. The molecule has 8 heteroatoms. The van der Waals surface area contributed by atoms with Crippen LogP contribution in [0.4, 0.5) is 4.79 Å². The van der Waals surface area contributed by atoms with E-state index in [0.717, 1.165) is 34.6 Å². The number of rotatable bonds is 4. The Morgan fingerprint density at radius 3 is 2.93 bits per heavy atom. The predicted octanol–water partition coefficient (Wildman–Crippen LogP) is 3.25. The highest BCUT2D eigenvalue weighted by Crippen LogP contribution is 2.33. The third kappa shape index (κ3) is 2.63. The molecule has 7 nitrogen and oxygen atoms in total. The Labute approximate surface area is 165 Å². The van der Waals surface area contributed by atoms with Gasteiger partial charge in [-0.3, -0.25) is 9.69 Å². The van der Waals surface area contributed by atoms with Crippen molar-refractivity contribution in [3.05, 3.63) is 58.3 Å². The summed E-state index contributed by atoms with van der Waals surface area (Å²) in [5.41, 5.74) is 2.30. The van der Waals surface area contributed by atoms with Crippen molar-refractivity contribution < 1.29 is 14.1 Å². The summed E-state index contributed by atoms with van der Waals surface area (Å²) in [6.07, 6.45) is 3.22. The topological polar surface area (TPSA) is 88.3 Å². The largest absolute Gasteiger partial charge is 0.337 e. The van der Waals surface area contributed by atoms with Gasteiger partial charge in [0.25, 0.3) is 5.91 Å². The first-order valence-electron chi connectivity index (χ1n) is 9.17. The average molecular weight is 394 g/mol. The number of nitrogens with one attached hydrogen (secondary N) is 1. The van der Waals surface area contributed by atoms with Crippen LogP contribution in [0, 0.1) is 0 Å². The van der Waals surface area contributed by atoms with Crippen molar-refractivity contribution in [3.8, 4) is 10.7 Å². The number of urea groups is 1.